The fraction of sp³-hybridized carbons (Fsp3) is 0. The zero-order valence-corrected chi connectivity index (χ0v) is 13.8. The Kier molecular flexibility index (Phi) is 4.23. The van der Waals surface area contributed by atoms with Crippen LogP contribution in [0.2, 0.25) is 0 Å². The summed E-state index contributed by atoms with van der Waals surface area (Å²) in [6.45, 7) is 0. The minimum absolute atomic E-state index is 0.167. The van der Waals surface area contributed by atoms with Gasteiger partial charge in [0.15, 0.2) is 0 Å². The molecule has 1 aliphatic rings. The lowest BCUT2D eigenvalue weighted by atomic mass is 9.99. The summed E-state index contributed by atoms with van der Waals surface area (Å²) < 4.78 is 0. The zero-order chi connectivity index (χ0) is 17.9. The van der Waals surface area contributed by atoms with Crippen LogP contribution in [0.4, 0.5) is 11.4 Å². The van der Waals surface area contributed by atoms with E-state index < -0.39 is 0 Å². The topological polar surface area (TPSA) is 70.9 Å². The number of rotatable bonds is 4. The van der Waals surface area contributed by atoms with E-state index in [9.17, 15) is 5.21 Å². The number of hydrazone groups is 1. The first-order valence-electron chi connectivity index (χ1n) is 8.19. The van der Waals surface area contributed by atoms with Gasteiger partial charge in [-0.2, -0.15) is 5.10 Å². The summed E-state index contributed by atoms with van der Waals surface area (Å²) in [5, 5.41) is 24.1. The van der Waals surface area contributed by atoms with Gasteiger partial charge in [0, 0.05) is 5.56 Å². The summed E-state index contributed by atoms with van der Waals surface area (Å²) in [5.74, 6) is 0. The van der Waals surface area contributed by atoms with Gasteiger partial charge in [-0.15, -0.1) is 0 Å². The standard InChI is InChI=1S/C21H16N3O2/c25-24(26)17-12-10-16(11-13-17)22-23-21-14-20(15-6-2-1-3-7-15)18-8-4-5-9-19(18)21/h1-14,22,25H/q-1. The molecular formula is C21H16N3O2-. The molecule has 5 nitrogen and oxygen atoms in total. The van der Waals surface area contributed by atoms with E-state index >= 15 is 0 Å². The van der Waals surface area contributed by atoms with Crippen molar-refractivity contribution >= 4 is 22.7 Å². The zero-order valence-electron chi connectivity index (χ0n) is 13.8. The third kappa shape index (κ3) is 3.09. The maximum Gasteiger partial charge on any atom is 0.0918 e. The maximum atomic E-state index is 10.8. The van der Waals surface area contributed by atoms with Crippen LogP contribution >= 0.6 is 0 Å². The number of anilines is 2. The van der Waals surface area contributed by atoms with Crippen molar-refractivity contribution in [2.75, 3.05) is 10.7 Å². The normalized spacial score (nSPS) is 14.1. The smallest absolute Gasteiger partial charge is 0.0918 e. The van der Waals surface area contributed by atoms with E-state index in [1.807, 2.05) is 36.4 Å². The van der Waals surface area contributed by atoms with Gasteiger partial charge in [-0.1, -0.05) is 54.6 Å². The molecule has 0 spiro atoms. The Labute approximate surface area is 151 Å². The number of nitrogens with one attached hydrogen (secondary N) is 1. The van der Waals surface area contributed by atoms with Crippen LogP contribution < -0.4 is 10.7 Å². The molecule has 0 unspecified atom stereocenters. The average molecular weight is 342 g/mol. The molecule has 3 aromatic rings. The van der Waals surface area contributed by atoms with Crippen LogP contribution in [0.25, 0.3) is 5.57 Å². The van der Waals surface area contributed by atoms with Crippen LogP contribution in [-0.2, 0) is 0 Å². The molecule has 0 amide bonds. The number of hydrogen-bond donors (Lipinski definition) is 2. The van der Waals surface area contributed by atoms with E-state index in [2.05, 4.69) is 34.8 Å². The summed E-state index contributed by atoms with van der Waals surface area (Å²) in [7, 11) is 0. The highest BCUT2D eigenvalue weighted by molar-refractivity contribution is 6.21. The van der Waals surface area contributed by atoms with Crippen LogP contribution in [0.5, 0.6) is 0 Å². The fourth-order valence-corrected chi connectivity index (χ4v) is 2.97. The van der Waals surface area contributed by atoms with Crippen molar-refractivity contribution in [3.8, 4) is 0 Å². The summed E-state index contributed by atoms with van der Waals surface area (Å²) in [6, 6.07) is 24.8. The Morgan fingerprint density at radius 3 is 2.15 bits per heavy atom. The Morgan fingerprint density at radius 2 is 1.46 bits per heavy atom. The first kappa shape index (κ1) is 16.1. The first-order chi connectivity index (χ1) is 12.7. The van der Waals surface area contributed by atoms with Crippen molar-refractivity contribution in [3.63, 3.8) is 0 Å². The molecule has 3 aromatic carbocycles. The molecule has 0 fully saturated rings. The number of benzene rings is 3. The first-order valence-corrected chi connectivity index (χ1v) is 8.19. The van der Waals surface area contributed by atoms with Crippen molar-refractivity contribution in [1.82, 2.24) is 0 Å². The lowest BCUT2D eigenvalue weighted by Gasteiger charge is -2.21. The van der Waals surface area contributed by atoms with Crippen LogP contribution in [0, 0.1) is 5.21 Å². The molecule has 0 saturated heterocycles. The van der Waals surface area contributed by atoms with Gasteiger partial charge in [-0.05, 0) is 47.0 Å². The van der Waals surface area contributed by atoms with Crippen molar-refractivity contribution in [1.29, 1.82) is 0 Å². The third-order valence-corrected chi connectivity index (χ3v) is 4.25. The molecule has 0 bridgehead atoms. The second kappa shape index (κ2) is 6.84. The summed E-state index contributed by atoms with van der Waals surface area (Å²) in [6.07, 6.45) is 2.06. The lowest BCUT2D eigenvalue weighted by Crippen LogP contribution is -2.06. The molecule has 0 aromatic heterocycles. The molecule has 0 heterocycles. The minimum Gasteiger partial charge on any atom is -0.733 e. The van der Waals surface area contributed by atoms with Gasteiger partial charge >= 0.3 is 0 Å². The predicted octanol–water partition coefficient (Wildman–Crippen LogP) is 4.64. The third-order valence-electron chi connectivity index (χ3n) is 4.25. The Morgan fingerprint density at radius 1 is 0.808 bits per heavy atom. The molecule has 26 heavy (non-hydrogen) atoms. The number of fused-ring (bicyclic) bond motifs is 1. The largest absolute Gasteiger partial charge is 0.733 e. The molecule has 0 atom stereocenters. The lowest BCUT2D eigenvalue weighted by molar-refractivity contribution is 0.296. The fourth-order valence-electron chi connectivity index (χ4n) is 2.97. The maximum absolute atomic E-state index is 10.8. The predicted molar refractivity (Wildman–Crippen MR) is 104 cm³/mol. The molecule has 0 aliphatic heterocycles. The van der Waals surface area contributed by atoms with E-state index in [4.69, 9.17) is 5.21 Å². The Balaban J connectivity index is 1.65. The SMILES string of the molecule is [O-]N(O)c1ccc(NN=C2C=C(c3ccccc3)c3ccccc32)cc1. The van der Waals surface area contributed by atoms with Crippen LogP contribution in [-0.4, -0.2) is 10.9 Å². The number of hydrogen-bond acceptors (Lipinski definition) is 5. The summed E-state index contributed by atoms with van der Waals surface area (Å²) >= 11 is 0. The number of nitrogens with zero attached hydrogens (tertiary/aromatic N) is 2. The summed E-state index contributed by atoms with van der Waals surface area (Å²) in [5.41, 5.74) is 9.24. The molecule has 0 saturated carbocycles. The van der Waals surface area contributed by atoms with Crippen LogP contribution in [0.1, 0.15) is 16.7 Å². The average Bonchev–Trinajstić information content (AvgIpc) is 3.06. The quantitative estimate of drug-likeness (QED) is 0.678. The van der Waals surface area contributed by atoms with E-state index in [0.29, 0.717) is 0 Å². The van der Waals surface area contributed by atoms with Gasteiger partial charge in [-0.3, -0.25) is 10.6 Å². The van der Waals surface area contributed by atoms with Gasteiger partial charge in [0.25, 0.3) is 0 Å². The Hall–Kier alpha value is -3.41. The number of allylic oxidation sites excluding steroid dienone is 1. The van der Waals surface area contributed by atoms with Gasteiger partial charge in [0.2, 0.25) is 0 Å². The Bertz CT molecular complexity index is 978. The molecule has 5 heteroatoms. The highest BCUT2D eigenvalue weighted by Crippen LogP contribution is 2.32. The van der Waals surface area contributed by atoms with Gasteiger partial charge in [0.05, 0.1) is 17.1 Å². The van der Waals surface area contributed by atoms with Gasteiger partial charge in [-0.25, -0.2) is 0 Å². The highest BCUT2D eigenvalue weighted by atomic mass is 16.8. The molecular weight excluding hydrogens is 326 g/mol. The highest BCUT2D eigenvalue weighted by Gasteiger charge is 2.20. The van der Waals surface area contributed by atoms with Crippen LogP contribution in [0.15, 0.2) is 90.0 Å². The van der Waals surface area contributed by atoms with E-state index in [0.717, 1.165) is 33.7 Å². The van der Waals surface area contributed by atoms with E-state index in [1.165, 1.54) is 12.1 Å². The van der Waals surface area contributed by atoms with Crippen LogP contribution in [0.3, 0.4) is 0 Å². The second-order valence-electron chi connectivity index (χ2n) is 5.90. The molecule has 128 valence electrons. The second-order valence-corrected chi connectivity index (χ2v) is 5.90. The molecule has 1 aliphatic carbocycles. The minimum atomic E-state index is -0.169. The van der Waals surface area contributed by atoms with Crippen molar-refractivity contribution in [2.24, 2.45) is 5.10 Å². The van der Waals surface area contributed by atoms with Crippen molar-refractivity contribution in [2.45, 2.75) is 0 Å². The monoisotopic (exact) mass is 342 g/mol. The van der Waals surface area contributed by atoms with E-state index in [1.54, 1.807) is 12.1 Å². The molecule has 0 radical (unpaired) electrons. The molecule has 2 N–H and O–H groups in total. The van der Waals surface area contributed by atoms with E-state index in [-0.39, 0.29) is 10.9 Å². The summed E-state index contributed by atoms with van der Waals surface area (Å²) in [4.78, 5) is 0. The van der Waals surface area contributed by atoms with Gasteiger partial charge in [0.1, 0.15) is 0 Å². The van der Waals surface area contributed by atoms with Gasteiger partial charge < -0.3 is 10.4 Å². The van der Waals surface area contributed by atoms with Crippen molar-refractivity contribution in [3.05, 3.63) is 107 Å². The molecule has 4 rings (SSSR count). The van der Waals surface area contributed by atoms with Crippen molar-refractivity contribution < 1.29 is 5.21 Å².